The Kier molecular flexibility index (Phi) is 6.89. The van der Waals surface area contributed by atoms with Crippen LogP contribution in [0.25, 0.3) is 22.3 Å². The summed E-state index contributed by atoms with van der Waals surface area (Å²) in [5.41, 5.74) is 8.35. The fourth-order valence-corrected chi connectivity index (χ4v) is 6.52. The summed E-state index contributed by atoms with van der Waals surface area (Å²) < 4.78 is 73.3. The maximum absolute atomic E-state index is 15.9. The van der Waals surface area contributed by atoms with E-state index in [9.17, 15) is 14.2 Å². The molecule has 18 nitrogen and oxygen atoms in total. The Morgan fingerprint density at radius 3 is 2.24 bits per heavy atom. The lowest BCUT2D eigenvalue weighted by molar-refractivity contribution is -0.311. The molecule has 4 unspecified atom stereocenters. The summed E-state index contributed by atoms with van der Waals surface area (Å²) in [6.07, 6.45) is -4.50. The Labute approximate surface area is 232 Å². The maximum atomic E-state index is 15.9. The van der Waals surface area contributed by atoms with Gasteiger partial charge in [-0.3, -0.25) is 37.7 Å². The average molecular weight is 636 g/mol. The minimum atomic E-state index is -4.60. The fourth-order valence-electron chi connectivity index (χ4n) is 4.25. The summed E-state index contributed by atoms with van der Waals surface area (Å²) >= 11 is 3.76. The van der Waals surface area contributed by atoms with Crippen LogP contribution in [0, 0.1) is 0 Å². The van der Waals surface area contributed by atoms with Gasteiger partial charge >= 0.3 is 6.80 Å². The summed E-state index contributed by atoms with van der Waals surface area (Å²) in [4.78, 5) is 44.8. The zero-order chi connectivity index (χ0) is 29.3. The highest BCUT2D eigenvalue weighted by Gasteiger charge is 2.60. The summed E-state index contributed by atoms with van der Waals surface area (Å²) in [6.45, 7) is -4.21. The minimum absolute atomic E-state index is 0.0108. The quantitative estimate of drug-likeness (QED) is 0.151. The molecule has 4 aromatic heterocycles. The van der Waals surface area contributed by atoms with Gasteiger partial charge in [0.15, 0.2) is 41.1 Å². The number of nitrogens with two attached hydrogens (primary N) is 2. The van der Waals surface area contributed by atoms with Crippen LogP contribution < -0.4 is 22.6 Å². The zero-order valence-electron chi connectivity index (χ0n) is 20.5. The van der Waals surface area contributed by atoms with Crippen LogP contribution in [0.5, 0.6) is 0 Å². The Morgan fingerprint density at radius 1 is 1.10 bits per heavy atom. The number of aromatic amines is 2. The molecule has 6 N–H and O–H groups in total. The van der Waals surface area contributed by atoms with Crippen LogP contribution in [-0.4, -0.2) is 69.8 Å². The highest BCUT2D eigenvalue weighted by atomic mass is 32.7. The molecule has 6 rings (SSSR count). The first-order valence-electron chi connectivity index (χ1n) is 11.5. The third-order valence-electron chi connectivity index (χ3n) is 6.09. The number of H-pyrrole nitrogens is 2. The number of halogens is 2. The van der Waals surface area contributed by atoms with E-state index >= 15 is 8.78 Å². The van der Waals surface area contributed by atoms with Crippen molar-refractivity contribution < 1.29 is 36.4 Å². The third kappa shape index (κ3) is 5.01. The van der Waals surface area contributed by atoms with E-state index in [1.54, 1.807) is 0 Å². The first-order chi connectivity index (χ1) is 19.3. The van der Waals surface area contributed by atoms with Crippen LogP contribution in [0.3, 0.4) is 0 Å². The summed E-state index contributed by atoms with van der Waals surface area (Å²) in [6, 6.07) is 0. The number of hydrogen-bond acceptors (Lipinski definition) is 14. The molecule has 0 spiro atoms. The lowest BCUT2D eigenvalue weighted by Gasteiger charge is -2.49. The van der Waals surface area contributed by atoms with Gasteiger partial charge in [-0.05, 0) is 6.92 Å². The van der Waals surface area contributed by atoms with Gasteiger partial charge in [-0.25, -0.2) is 23.3 Å². The van der Waals surface area contributed by atoms with Gasteiger partial charge < -0.3 is 25.5 Å². The number of nitrogen functional groups attached to an aromatic ring is 2. The molecule has 6 heterocycles. The highest BCUT2D eigenvalue weighted by Crippen LogP contribution is 2.59. The molecule has 0 amide bonds. The summed E-state index contributed by atoms with van der Waals surface area (Å²) in [5.74, 6) is -3.10. The first-order valence-corrected chi connectivity index (χ1v) is 15.2. The van der Waals surface area contributed by atoms with E-state index < -0.39 is 69.9 Å². The van der Waals surface area contributed by atoms with Crippen LogP contribution in [0.4, 0.5) is 20.7 Å². The maximum Gasteiger partial charge on any atom is 0.389 e. The lowest BCUT2D eigenvalue weighted by atomic mass is 10.1. The van der Waals surface area contributed by atoms with Crippen LogP contribution >= 0.6 is 27.9 Å². The van der Waals surface area contributed by atoms with Gasteiger partial charge in [-0.2, -0.15) is 9.97 Å². The number of anilines is 2. The Balaban J connectivity index is 1.33. The lowest BCUT2D eigenvalue weighted by Crippen LogP contribution is -2.59. The van der Waals surface area contributed by atoms with E-state index in [1.807, 2.05) is 0 Å². The van der Waals surface area contributed by atoms with Gasteiger partial charge in [0.25, 0.3) is 17.5 Å². The number of nitrogens with one attached hydrogen (secondary N) is 2. The number of alkyl halides is 2. The van der Waals surface area contributed by atoms with Crippen LogP contribution in [-0.2, 0) is 27.6 Å². The predicted molar refractivity (Wildman–Crippen MR) is 140 cm³/mol. The highest BCUT2D eigenvalue weighted by molar-refractivity contribution is 8.44. The largest absolute Gasteiger partial charge is 0.389 e. The Hall–Kier alpha value is -3.03. The van der Waals surface area contributed by atoms with Crippen molar-refractivity contribution in [2.75, 3.05) is 18.1 Å². The number of rotatable bonds is 2. The second-order valence-electron chi connectivity index (χ2n) is 8.85. The average Bonchev–Trinajstić information content (AvgIpc) is 3.48. The number of hydrogen-bond donors (Lipinski definition) is 5. The fraction of sp³-hybridized carbons (Fsp3) is 0.444. The van der Waals surface area contributed by atoms with Crippen molar-refractivity contribution in [2.45, 2.75) is 43.5 Å². The van der Waals surface area contributed by atoms with Gasteiger partial charge in [0.2, 0.25) is 17.8 Å². The molecule has 0 aromatic carbocycles. The molecule has 2 saturated heterocycles. The molecule has 0 saturated carbocycles. The molecule has 4 aromatic rings. The van der Waals surface area contributed by atoms with Crippen molar-refractivity contribution in [1.82, 2.24) is 39.0 Å². The number of aromatic nitrogens is 8. The molecule has 23 heteroatoms. The SMILES string of the molecule is CC1OPC2[C@H](n3cnc4c(=O)[nH]c(N)nc43)O[C@@]2(F)COP(=O)(S)O[C@H](F)[C@H](n2cnc3c(=O)[nH]c(N)nc32)O1. The summed E-state index contributed by atoms with van der Waals surface area (Å²) in [7, 11) is -0.732. The van der Waals surface area contributed by atoms with Crippen LogP contribution in [0.2, 0.25) is 0 Å². The molecule has 0 bridgehead atoms. The van der Waals surface area contributed by atoms with E-state index in [4.69, 9.17) is 34.5 Å². The van der Waals surface area contributed by atoms with Gasteiger partial charge in [-0.1, -0.05) is 12.2 Å². The second-order valence-corrected chi connectivity index (χ2v) is 12.8. The topological polar surface area (TPSA) is 242 Å². The number of thiol groups is 1. The van der Waals surface area contributed by atoms with Gasteiger partial charge in [0.05, 0.1) is 12.7 Å². The monoisotopic (exact) mass is 636 g/mol. The second kappa shape index (κ2) is 10.1. The Morgan fingerprint density at radius 2 is 1.66 bits per heavy atom. The molecule has 0 radical (unpaired) electrons. The van der Waals surface area contributed by atoms with E-state index in [1.165, 1.54) is 17.8 Å². The molecular formula is C18H20F2N10O8P2S. The van der Waals surface area contributed by atoms with Crippen molar-refractivity contribution in [3.8, 4) is 0 Å². The Bertz CT molecular complexity index is 1820. The molecule has 2 fully saturated rings. The molecule has 2 aliphatic heterocycles. The third-order valence-corrected chi connectivity index (χ3v) is 9.08. The van der Waals surface area contributed by atoms with E-state index in [0.717, 1.165) is 10.9 Å². The van der Waals surface area contributed by atoms with E-state index in [-0.39, 0.29) is 34.2 Å². The van der Waals surface area contributed by atoms with E-state index in [2.05, 4.69) is 42.2 Å². The number of ether oxygens (including phenoxy) is 2. The smallest absolute Gasteiger partial charge is 0.369 e. The molecule has 41 heavy (non-hydrogen) atoms. The van der Waals surface area contributed by atoms with E-state index in [0.29, 0.717) is 0 Å². The zero-order valence-corrected chi connectivity index (χ0v) is 23.3. The molecule has 8 atom stereocenters. The number of nitrogens with zero attached hydrogens (tertiary/aromatic N) is 6. The molecule has 0 aliphatic carbocycles. The van der Waals surface area contributed by atoms with Gasteiger partial charge in [-0.15, -0.1) is 0 Å². The van der Waals surface area contributed by atoms with Crippen LogP contribution in [0.15, 0.2) is 22.2 Å². The van der Waals surface area contributed by atoms with Crippen molar-refractivity contribution in [3.05, 3.63) is 33.4 Å². The number of imidazole rings is 2. The number of fused-ring (bicyclic) bond motifs is 3. The minimum Gasteiger partial charge on any atom is -0.369 e. The summed E-state index contributed by atoms with van der Waals surface area (Å²) in [5, 5.41) is 0. The molecule has 2 aliphatic rings. The van der Waals surface area contributed by atoms with Crippen molar-refractivity contribution in [3.63, 3.8) is 0 Å². The normalized spacial score (nSPS) is 33.7. The van der Waals surface area contributed by atoms with Crippen LogP contribution in [0.1, 0.15) is 19.4 Å². The first kappa shape index (κ1) is 28.1. The standard InChI is InChI=1S/C18H20F2N10O8P2S/c1-5-35-15(30-4-24-7-11(30)26-17(22)28-13(7)32)9(19)38-40(33,41)34-2-18(20)8(39-37-5)14(36-18)29-3-23-6-10(29)25-16(21)27-12(6)31/h3-5,8-9,14-15,39H,2H2,1H3,(H,33,41)(H3,21,25,27,31)(H3,22,26,28,32)/t5?,8?,9-,14+,15+,18-,40?/m0/s1. The van der Waals surface area contributed by atoms with Gasteiger partial charge in [0, 0.05) is 8.81 Å². The molecule has 220 valence electrons. The van der Waals surface area contributed by atoms with Crippen molar-refractivity contribution in [1.29, 1.82) is 0 Å². The van der Waals surface area contributed by atoms with Crippen molar-refractivity contribution in [2.24, 2.45) is 0 Å². The molecular weight excluding hydrogens is 616 g/mol. The predicted octanol–water partition coefficient (Wildman–Crippen LogP) is 0.832. The van der Waals surface area contributed by atoms with Crippen molar-refractivity contribution >= 4 is 62.1 Å². The van der Waals surface area contributed by atoms with Gasteiger partial charge in [0.1, 0.15) is 12.3 Å².